The van der Waals surface area contributed by atoms with Crippen LogP contribution in [-0.2, 0) is 9.63 Å². The number of hydrogen-bond donors (Lipinski definition) is 2. The smallest absolute Gasteiger partial charge is 0.333 e. The number of rotatable bonds is 3. The van der Waals surface area contributed by atoms with Gasteiger partial charge in [0.05, 0.1) is 10.9 Å². The summed E-state index contributed by atoms with van der Waals surface area (Å²) >= 11 is 1.55. The van der Waals surface area contributed by atoms with E-state index in [4.69, 9.17) is 10.6 Å². The molecule has 7 nitrogen and oxygen atoms in total. The summed E-state index contributed by atoms with van der Waals surface area (Å²) in [6.07, 6.45) is 4.60. The summed E-state index contributed by atoms with van der Waals surface area (Å²) in [6.45, 7) is 0. The Morgan fingerprint density at radius 3 is 2.78 bits per heavy atom. The molecular formula is C15H20N4O3S. The molecule has 3 amide bonds. The van der Waals surface area contributed by atoms with Crippen LogP contribution in [-0.4, -0.2) is 34.8 Å². The number of urea groups is 1. The largest absolute Gasteiger partial charge is 0.382 e. The quantitative estimate of drug-likeness (QED) is 0.826. The zero-order chi connectivity index (χ0) is 16.2. The van der Waals surface area contributed by atoms with Crippen molar-refractivity contribution in [3.63, 3.8) is 0 Å². The van der Waals surface area contributed by atoms with Crippen LogP contribution in [0, 0.1) is 0 Å². The molecule has 3 rings (SSSR count). The minimum absolute atomic E-state index is 0.0377. The Hall–Kier alpha value is -2.09. The topological polar surface area (TPSA) is 97.0 Å². The zero-order valence-electron chi connectivity index (χ0n) is 12.7. The summed E-state index contributed by atoms with van der Waals surface area (Å²) in [4.78, 5) is 30.2. The molecule has 1 fully saturated rings. The van der Waals surface area contributed by atoms with Gasteiger partial charge in [-0.3, -0.25) is 10.2 Å². The van der Waals surface area contributed by atoms with E-state index >= 15 is 0 Å². The number of nitrogens with one attached hydrogen (secondary N) is 1. The maximum Gasteiger partial charge on any atom is 0.333 e. The molecule has 124 valence electrons. The molecule has 0 radical (unpaired) electrons. The second-order valence-corrected chi connectivity index (χ2v) is 6.74. The van der Waals surface area contributed by atoms with Gasteiger partial charge in [-0.2, -0.15) is 0 Å². The molecule has 1 aromatic heterocycles. The maximum absolute atomic E-state index is 12.4. The molecular weight excluding hydrogens is 316 g/mol. The molecule has 0 spiro atoms. The van der Waals surface area contributed by atoms with Gasteiger partial charge >= 0.3 is 6.03 Å². The molecule has 1 aliphatic carbocycles. The molecule has 0 saturated heterocycles. The van der Waals surface area contributed by atoms with E-state index in [1.54, 1.807) is 11.3 Å². The van der Waals surface area contributed by atoms with Crippen LogP contribution in [0.4, 0.5) is 4.79 Å². The van der Waals surface area contributed by atoms with Crippen molar-refractivity contribution in [2.75, 3.05) is 0 Å². The number of carbonyl (C=O) groups is 2. The van der Waals surface area contributed by atoms with Gasteiger partial charge < -0.3 is 10.6 Å². The number of thiophene rings is 1. The first-order chi connectivity index (χ1) is 11.1. The molecule has 3 N–H and O–H groups in total. The normalized spacial score (nSPS) is 21.4. The third-order valence-electron chi connectivity index (χ3n) is 4.17. The van der Waals surface area contributed by atoms with Crippen LogP contribution in [0.5, 0.6) is 0 Å². The number of carbonyl (C=O) groups excluding carboxylic acids is 2. The number of nitrogens with zero attached hydrogens (tertiary/aromatic N) is 2. The number of hydrazine groups is 1. The monoisotopic (exact) mass is 336 g/mol. The standard InChI is InChI=1S/C15H20N4O3S/c16-15(21)19(10-5-2-1-3-6-10)17-14(20)12-9-11(18-22-12)13-7-4-8-23-13/h4,7-8,10,12H,1-3,5-6,9H2,(H2,16,21)(H,17,20). The highest BCUT2D eigenvalue weighted by Crippen LogP contribution is 2.23. The second-order valence-electron chi connectivity index (χ2n) is 5.79. The third kappa shape index (κ3) is 3.64. The average Bonchev–Trinajstić information content (AvgIpc) is 3.23. The third-order valence-corrected chi connectivity index (χ3v) is 5.09. The van der Waals surface area contributed by atoms with Gasteiger partial charge in [-0.1, -0.05) is 30.5 Å². The van der Waals surface area contributed by atoms with E-state index < -0.39 is 12.1 Å². The highest BCUT2D eigenvalue weighted by atomic mass is 32.1. The van der Waals surface area contributed by atoms with E-state index in [0.717, 1.165) is 42.7 Å². The van der Waals surface area contributed by atoms with Gasteiger partial charge in [-0.15, -0.1) is 11.3 Å². The van der Waals surface area contributed by atoms with Crippen molar-refractivity contribution in [2.45, 2.75) is 50.7 Å². The van der Waals surface area contributed by atoms with Crippen molar-refractivity contribution in [3.8, 4) is 0 Å². The lowest BCUT2D eigenvalue weighted by molar-refractivity contribution is -0.136. The molecule has 0 aromatic carbocycles. The van der Waals surface area contributed by atoms with Crippen LogP contribution >= 0.6 is 11.3 Å². The van der Waals surface area contributed by atoms with Gasteiger partial charge in [0.1, 0.15) is 5.71 Å². The number of amides is 3. The summed E-state index contributed by atoms with van der Waals surface area (Å²) in [6, 6.07) is 3.19. The predicted octanol–water partition coefficient (Wildman–Crippen LogP) is 1.99. The van der Waals surface area contributed by atoms with Crippen molar-refractivity contribution in [2.24, 2.45) is 10.9 Å². The summed E-state index contributed by atoms with van der Waals surface area (Å²) in [5.41, 5.74) is 8.80. The Morgan fingerprint density at radius 2 is 2.13 bits per heavy atom. The highest BCUT2D eigenvalue weighted by Gasteiger charge is 2.33. The second kappa shape index (κ2) is 6.99. The van der Waals surface area contributed by atoms with Gasteiger partial charge in [0, 0.05) is 6.42 Å². The molecule has 23 heavy (non-hydrogen) atoms. The van der Waals surface area contributed by atoms with Gasteiger partial charge in [0.25, 0.3) is 5.91 Å². The highest BCUT2D eigenvalue weighted by molar-refractivity contribution is 7.12. The summed E-state index contributed by atoms with van der Waals surface area (Å²) in [5.74, 6) is -0.385. The first-order valence-electron chi connectivity index (χ1n) is 7.81. The first-order valence-corrected chi connectivity index (χ1v) is 8.69. The van der Waals surface area contributed by atoms with E-state index in [1.807, 2.05) is 17.5 Å². The fourth-order valence-electron chi connectivity index (χ4n) is 2.96. The van der Waals surface area contributed by atoms with Crippen LogP contribution in [0.3, 0.4) is 0 Å². The Bertz CT molecular complexity index is 596. The van der Waals surface area contributed by atoms with Crippen molar-refractivity contribution in [3.05, 3.63) is 22.4 Å². The first kappa shape index (κ1) is 15.8. The lowest BCUT2D eigenvalue weighted by atomic mass is 9.95. The predicted molar refractivity (Wildman–Crippen MR) is 86.8 cm³/mol. The van der Waals surface area contributed by atoms with Crippen LogP contribution < -0.4 is 11.2 Å². The number of hydrogen-bond acceptors (Lipinski definition) is 5. The summed E-state index contributed by atoms with van der Waals surface area (Å²) in [5, 5.41) is 7.18. The summed E-state index contributed by atoms with van der Waals surface area (Å²) < 4.78 is 0. The van der Waals surface area contributed by atoms with Crippen molar-refractivity contribution in [1.29, 1.82) is 0 Å². The molecule has 1 aromatic rings. The average molecular weight is 336 g/mol. The van der Waals surface area contributed by atoms with Crippen LogP contribution in [0.15, 0.2) is 22.7 Å². The Balaban J connectivity index is 1.58. The molecule has 2 heterocycles. The van der Waals surface area contributed by atoms with Crippen molar-refractivity contribution >= 4 is 29.0 Å². The lowest BCUT2D eigenvalue weighted by Crippen LogP contribution is -2.56. The lowest BCUT2D eigenvalue weighted by Gasteiger charge is -2.33. The van der Waals surface area contributed by atoms with Gasteiger partial charge in [-0.25, -0.2) is 9.80 Å². The molecule has 1 saturated carbocycles. The van der Waals surface area contributed by atoms with E-state index in [2.05, 4.69) is 10.6 Å². The maximum atomic E-state index is 12.4. The molecule has 1 aliphatic heterocycles. The summed E-state index contributed by atoms with van der Waals surface area (Å²) in [7, 11) is 0. The molecule has 0 bridgehead atoms. The molecule has 1 unspecified atom stereocenters. The molecule has 2 aliphatic rings. The minimum Gasteiger partial charge on any atom is -0.382 e. The Morgan fingerprint density at radius 1 is 1.35 bits per heavy atom. The zero-order valence-corrected chi connectivity index (χ0v) is 13.6. The van der Waals surface area contributed by atoms with Crippen LogP contribution in [0.2, 0.25) is 0 Å². The van der Waals surface area contributed by atoms with Crippen LogP contribution in [0.1, 0.15) is 43.4 Å². The van der Waals surface area contributed by atoms with Crippen LogP contribution in [0.25, 0.3) is 0 Å². The Labute approximate surface area is 138 Å². The number of nitrogens with two attached hydrogens (primary N) is 1. The fraction of sp³-hybridized carbons (Fsp3) is 0.533. The number of primary amides is 1. The van der Waals surface area contributed by atoms with E-state index in [1.165, 1.54) is 5.01 Å². The van der Waals surface area contributed by atoms with E-state index in [9.17, 15) is 9.59 Å². The van der Waals surface area contributed by atoms with Crippen molar-refractivity contribution in [1.82, 2.24) is 10.4 Å². The van der Waals surface area contributed by atoms with Gasteiger partial charge in [-0.05, 0) is 24.3 Å². The van der Waals surface area contributed by atoms with E-state index in [0.29, 0.717) is 6.42 Å². The number of oxime groups is 1. The Kier molecular flexibility index (Phi) is 4.80. The van der Waals surface area contributed by atoms with E-state index in [-0.39, 0.29) is 11.9 Å². The van der Waals surface area contributed by atoms with Crippen molar-refractivity contribution < 1.29 is 14.4 Å². The SMILES string of the molecule is NC(=O)N(NC(=O)C1CC(c2cccs2)=NO1)C1CCCCC1. The van der Waals surface area contributed by atoms with Gasteiger partial charge in [0.15, 0.2) is 0 Å². The molecule has 8 heteroatoms. The fourth-order valence-corrected chi connectivity index (χ4v) is 3.68. The minimum atomic E-state index is -0.724. The molecule has 1 atom stereocenters. The van der Waals surface area contributed by atoms with Gasteiger partial charge in [0.2, 0.25) is 6.10 Å².